The Morgan fingerprint density at radius 2 is 1.50 bits per heavy atom. The van der Waals surface area contributed by atoms with Crippen LogP contribution in [0.5, 0.6) is 0 Å². The van der Waals surface area contributed by atoms with Gasteiger partial charge in [-0.1, -0.05) is 37.8 Å². The van der Waals surface area contributed by atoms with Crippen molar-refractivity contribution < 1.29 is 39.5 Å². The molecule has 1 aliphatic rings. The average Bonchev–Trinajstić information content (AvgIpc) is 2.83. The average molecular weight is 489 g/mol. The van der Waals surface area contributed by atoms with Gasteiger partial charge in [0.05, 0.1) is 13.2 Å². The van der Waals surface area contributed by atoms with Crippen LogP contribution in [0.25, 0.3) is 0 Å². The molecule has 0 aliphatic carbocycles. The fourth-order valence-electron chi connectivity index (χ4n) is 3.81. The summed E-state index contributed by atoms with van der Waals surface area (Å²) in [5.74, 6) is -0.762. The summed E-state index contributed by atoms with van der Waals surface area (Å²) in [5.41, 5.74) is 0. The van der Waals surface area contributed by atoms with Crippen molar-refractivity contribution in [3.05, 3.63) is 12.2 Å². The predicted molar refractivity (Wildman–Crippen MR) is 127 cm³/mol. The van der Waals surface area contributed by atoms with Crippen molar-refractivity contribution in [2.45, 2.75) is 101 Å². The molecule has 1 aliphatic heterocycles. The molecule has 5 atom stereocenters. The van der Waals surface area contributed by atoms with E-state index in [0.29, 0.717) is 6.42 Å². The fourth-order valence-corrected chi connectivity index (χ4v) is 3.81. The summed E-state index contributed by atoms with van der Waals surface area (Å²) in [5, 5.41) is 43.2. The third-order valence-electron chi connectivity index (χ3n) is 5.86. The van der Waals surface area contributed by atoms with Crippen molar-refractivity contribution in [3.8, 4) is 0 Å². The van der Waals surface area contributed by atoms with E-state index in [9.17, 15) is 24.9 Å². The highest BCUT2D eigenvalue weighted by atomic mass is 16.7. The number of hydrogen-bond acceptors (Lipinski definition) is 8. The van der Waals surface area contributed by atoms with E-state index in [1.54, 1.807) is 0 Å². The largest absolute Gasteiger partial charge is 0.396 e. The number of hydrogen-bond donors (Lipinski definition) is 6. The fraction of sp³-hybridized carbons (Fsp3) is 0.833. The number of amides is 2. The van der Waals surface area contributed by atoms with Gasteiger partial charge in [0, 0.05) is 20.1 Å². The van der Waals surface area contributed by atoms with Gasteiger partial charge in [0.25, 0.3) is 0 Å². The van der Waals surface area contributed by atoms with Crippen LogP contribution >= 0.6 is 0 Å². The lowest BCUT2D eigenvalue weighted by Gasteiger charge is -2.41. The summed E-state index contributed by atoms with van der Waals surface area (Å²) < 4.78 is 10.4. The quantitative estimate of drug-likeness (QED) is 0.120. The van der Waals surface area contributed by atoms with E-state index in [1.807, 2.05) is 0 Å². The van der Waals surface area contributed by atoms with Crippen LogP contribution in [0.15, 0.2) is 12.2 Å². The molecule has 198 valence electrons. The molecular weight excluding hydrogens is 444 g/mol. The van der Waals surface area contributed by atoms with E-state index in [-0.39, 0.29) is 19.1 Å². The van der Waals surface area contributed by atoms with Crippen molar-refractivity contribution >= 4 is 11.8 Å². The molecule has 0 aromatic rings. The van der Waals surface area contributed by atoms with Crippen molar-refractivity contribution in [1.29, 1.82) is 0 Å². The zero-order valence-electron chi connectivity index (χ0n) is 20.4. The van der Waals surface area contributed by atoms with Gasteiger partial charge >= 0.3 is 0 Å². The second-order valence-corrected chi connectivity index (χ2v) is 8.66. The molecule has 1 heterocycles. The van der Waals surface area contributed by atoms with Gasteiger partial charge in [0.1, 0.15) is 24.4 Å². The molecule has 1 fully saturated rings. The zero-order valence-corrected chi connectivity index (χ0v) is 20.4. The number of unbranched alkanes of at least 4 members (excludes halogenated alkanes) is 8. The van der Waals surface area contributed by atoms with Crippen molar-refractivity contribution in [3.63, 3.8) is 0 Å². The Labute approximate surface area is 202 Å². The third kappa shape index (κ3) is 12.2. The molecule has 2 amide bonds. The lowest BCUT2D eigenvalue weighted by Crippen LogP contribution is -2.65. The summed E-state index contributed by atoms with van der Waals surface area (Å²) in [6, 6.07) is -1.03. The number of allylic oxidation sites excluding steroid dienone is 2. The maximum Gasteiger partial charge on any atom is 0.239 e. The highest BCUT2D eigenvalue weighted by Crippen LogP contribution is 2.21. The molecule has 1 rings (SSSR count). The van der Waals surface area contributed by atoms with Gasteiger partial charge in [-0.05, 0) is 38.5 Å². The van der Waals surface area contributed by atoms with E-state index in [0.717, 1.165) is 64.2 Å². The van der Waals surface area contributed by atoms with Gasteiger partial charge < -0.3 is 40.5 Å². The Morgan fingerprint density at radius 1 is 0.882 bits per heavy atom. The number of ether oxygens (including phenoxy) is 2. The number of aliphatic hydroxyl groups is 4. The molecule has 0 saturated carbocycles. The van der Waals surface area contributed by atoms with Crippen molar-refractivity contribution in [2.75, 3.05) is 26.9 Å². The van der Waals surface area contributed by atoms with Gasteiger partial charge in [0.2, 0.25) is 11.8 Å². The first kappa shape index (κ1) is 30.5. The van der Waals surface area contributed by atoms with E-state index in [4.69, 9.17) is 14.6 Å². The topological polar surface area (TPSA) is 158 Å². The van der Waals surface area contributed by atoms with Gasteiger partial charge in [-0.25, -0.2) is 0 Å². The van der Waals surface area contributed by atoms with E-state index in [1.165, 1.54) is 7.11 Å². The normalized spacial score (nSPS) is 24.9. The van der Waals surface area contributed by atoms with Crippen LogP contribution in [0.2, 0.25) is 0 Å². The van der Waals surface area contributed by atoms with Gasteiger partial charge in [-0.2, -0.15) is 0 Å². The minimum Gasteiger partial charge on any atom is -0.396 e. The predicted octanol–water partition coefficient (Wildman–Crippen LogP) is 0.512. The first-order valence-electron chi connectivity index (χ1n) is 12.4. The van der Waals surface area contributed by atoms with Crippen molar-refractivity contribution in [2.24, 2.45) is 0 Å². The van der Waals surface area contributed by atoms with E-state index >= 15 is 0 Å². The van der Waals surface area contributed by atoms with Gasteiger partial charge in [0.15, 0.2) is 6.29 Å². The molecular formula is C24H44N2O8. The van der Waals surface area contributed by atoms with Crippen LogP contribution in [-0.4, -0.2) is 89.8 Å². The number of carbonyl (C=O) groups is 2. The molecule has 0 aromatic carbocycles. The lowest BCUT2D eigenvalue weighted by molar-refractivity contribution is -0.262. The molecule has 0 bridgehead atoms. The molecule has 5 unspecified atom stereocenters. The summed E-state index contributed by atoms with van der Waals surface area (Å²) in [4.78, 5) is 24.2. The summed E-state index contributed by atoms with van der Waals surface area (Å²) in [6.07, 6.45) is 10.2. The van der Waals surface area contributed by atoms with E-state index < -0.39 is 43.2 Å². The Balaban J connectivity index is 2.10. The molecule has 0 spiro atoms. The van der Waals surface area contributed by atoms with Crippen LogP contribution in [0.3, 0.4) is 0 Å². The molecule has 10 heteroatoms. The first-order valence-corrected chi connectivity index (χ1v) is 12.4. The molecule has 10 nitrogen and oxygen atoms in total. The van der Waals surface area contributed by atoms with Gasteiger partial charge in [-0.15, -0.1) is 0 Å². The molecule has 1 saturated heterocycles. The maximum absolute atomic E-state index is 12.2. The molecule has 6 N–H and O–H groups in total. The summed E-state index contributed by atoms with van der Waals surface area (Å²) in [7, 11) is 1.32. The minimum absolute atomic E-state index is 0.219. The van der Waals surface area contributed by atoms with Crippen molar-refractivity contribution in [1.82, 2.24) is 10.6 Å². The monoisotopic (exact) mass is 488 g/mol. The number of nitrogens with one attached hydrogen (secondary N) is 2. The van der Waals surface area contributed by atoms with Crippen LogP contribution in [0, 0.1) is 0 Å². The third-order valence-corrected chi connectivity index (χ3v) is 5.86. The van der Waals surface area contributed by atoms with E-state index in [2.05, 4.69) is 22.8 Å². The SMILES string of the molecule is COC1OC(CO)C(O)C(O)C1NC(=O)CNC(=O)CCCCCCC/C=C\CCCCCO. The second-order valence-electron chi connectivity index (χ2n) is 8.66. The number of methoxy groups -OCH3 is 1. The zero-order chi connectivity index (χ0) is 25.2. The lowest BCUT2D eigenvalue weighted by atomic mass is 9.97. The van der Waals surface area contributed by atoms with Crippen LogP contribution < -0.4 is 10.6 Å². The molecule has 0 radical (unpaired) electrons. The highest BCUT2D eigenvalue weighted by molar-refractivity contribution is 5.84. The van der Waals surface area contributed by atoms with Crippen LogP contribution in [0.1, 0.15) is 70.6 Å². The van der Waals surface area contributed by atoms with Gasteiger partial charge in [-0.3, -0.25) is 9.59 Å². The standard InChI is InChI=1S/C24H44N2O8/c1-33-24-21(23(32)22(31)18(17-28)34-24)26-20(30)16-25-19(29)14-12-10-8-6-4-2-3-5-7-9-11-13-15-27/h3,5,18,21-24,27-28,31-32H,2,4,6-17H2,1H3,(H,25,29)(H,26,30)/b5-3-. The summed E-state index contributed by atoms with van der Waals surface area (Å²) >= 11 is 0. The number of carbonyl (C=O) groups excluding carboxylic acids is 2. The molecule has 34 heavy (non-hydrogen) atoms. The Morgan fingerprint density at radius 3 is 2.12 bits per heavy atom. The maximum atomic E-state index is 12.2. The smallest absolute Gasteiger partial charge is 0.239 e. The number of aliphatic hydroxyl groups excluding tert-OH is 4. The second kappa shape index (κ2) is 18.7. The Hall–Kier alpha value is -1.56. The molecule has 0 aromatic heterocycles. The van der Waals surface area contributed by atoms with Crippen LogP contribution in [0.4, 0.5) is 0 Å². The first-order chi connectivity index (χ1) is 16.4. The Kier molecular flexibility index (Phi) is 16.8. The minimum atomic E-state index is -1.39. The number of rotatable bonds is 18. The summed E-state index contributed by atoms with van der Waals surface area (Å²) in [6.45, 7) is -0.487. The highest BCUT2D eigenvalue weighted by Gasteiger charge is 2.45. The van der Waals surface area contributed by atoms with Crippen LogP contribution in [-0.2, 0) is 19.1 Å². The Bertz CT molecular complexity index is 587.